The Hall–Kier alpha value is -3.29. The molecule has 8 heteroatoms. The van der Waals surface area contributed by atoms with Crippen LogP contribution in [0.5, 0.6) is 5.75 Å². The molecule has 0 aromatic heterocycles. The molecule has 1 aliphatic heterocycles. The van der Waals surface area contributed by atoms with E-state index in [-0.39, 0.29) is 16.3 Å². The lowest BCUT2D eigenvalue weighted by Gasteiger charge is -2.27. The van der Waals surface area contributed by atoms with Crippen LogP contribution in [0.1, 0.15) is 17.2 Å². The number of halogens is 1. The lowest BCUT2D eigenvalue weighted by atomic mass is 10.1. The van der Waals surface area contributed by atoms with Gasteiger partial charge >= 0.3 is 0 Å². The van der Waals surface area contributed by atoms with Crippen LogP contribution in [0.4, 0.5) is 0 Å². The molecule has 1 amide bonds. The zero-order valence-electron chi connectivity index (χ0n) is 17.1. The van der Waals surface area contributed by atoms with Crippen molar-refractivity contribution >= 4 is 27.3 Å². The minimum atomic E-state index is -4.16. The van der Waals surface area contributed by atoms with Crippen molar-refractivity contribution < 1.29 is 23.1 Å². The van der Waals surface area contributed by atoms with Crippen molar-refractivity contribution in [3.05, 3.63) is 106 Å². The zero-order chi connectivity index (χ0) is 22.9. The summed E-state index contributed by atoms with van der Waals surface area (Å²) >= 11 is 6.02. The Labute approximate surface area is 191 Å². The average Bonchev–Trinajstić information content (AvgIpc) is 3.06. The standard InChI is InChI=1S/C24H20ClNO5S/c1-31-19-7-5-6-16(14-19)15-26-21(17-10-12-18(25)13-11-17)23(22(27)24(26)28)32(29,30)20-8-3-2-4-9-20/h2-14,21,27H,15H2,1H3/t21-/m0/s1. The van der Waals surface area contributed by atoms with Gasteiger partial charge in [0.1, 0.15) is 10.7 Å². The number of sulfone groups is 1. The predicted octanol–water partition coefficient (Wildman–Crippen LogP) is 4.68. The number of nitrogens with zero attached hydrogens (tertiary/aromatic N) is 1. The van der Waals surface area contributed by atoms with Gasteiger partial charge in [-0.2, -0.15) is 0 Å². The van der Waals surface area contributed by atoms with Crippen molar-refractivity contribution in [3.63, 3.8) is 0 Å². The molecule has 164 valence electrons. The quantitative estimate of drug-likeness (QED) is 0.567. The SMILES string of the molecule is COc1cccc(CN2C(=O)C(O)=C(S(=O)(=O)c3ccccc3)[C@@H]2c2ccc(Cl)cc2)c1. The van der Waals surface area contributed by atoms with Crippen LogP contribution in [-0.2, 0) is 21.2 Å². The van der Waals surface area contributed by atoms with Crippen molar-refractivity contribution in [3.8, 4) is 5.75 Å². The van der Waals surface area contributed by atoms with Crippen LogP contribution in [0.2, 0.25) is 5.02 Å². The highest BCUT2D eigenvalue weighted by Gasteiger charge is 2.46. The molecule has 4 rings (SSSR count). The molecule has 32 heavy (non-hydrogen) atoms. The normalized spacial score (nSPS) is 16.5. The first-order chi connectivity index (χ1) is 15.3. The maximum Gasteiger partial charge on any atom is 0.290 e. The van der Waals surface area contributed by atoms with Gasteiger partial charge in [-0.3, -0.25) is 4.79 Å². The Morgan fingerprint density at radius 2 is 1.69 bits per heavy atom. The van der Waals surface area contributed by atoms with Gasteiger partial charge in [0.15, 0.2) is 5.76 Å². The Morgan fingerprint density at radius 1 is 1.00 bits per heavy atom. The highest BCUT2D eigenvalue weighted by molar-refractivity contribution is 7.95. The molecule has 3 aromatic carbocycles. The molecule has 0 bridgehead atoms. The molecule has 6 nitrogen and oxygen atoms in total. The van der Waals surface area contributed by atoms with Crippen LogP contribution in [0.3, 0.4) is 0 Å². The van der Waals surface area contributed by atoms with Gasteiger partial charge in [0.25, 0.3) is 5.91 Å². The topological polar surface area (TPSA) is 83.9 Å². The van der Waals surface area contributed by atoms with Crippen molar-refractivity contribution in [1.82, 2.24) is 4.90 Å². The van der Waals surface area contributed by atoms with Crippen molar-refractivity contribution in [2.45, 2.75) is 17.5 Å². The second-order valence-electron chi connectivity index (χ2n) is 7.27. The monoisotopic (exact) mass is 469 g/mol. The van der Waals surface area contributed by atoms with Gasteiger partial charge in [-0.25, -0.2) is 8.42 Å². The second-order valence-corrected chi connectivity index (χ2v) is 9.62. The fourth-order valence-electron chi connectivity index (χ4n) is 3.74. The lowest BCUT2D eigenvalue weighted by Crippen LogP contribution is -2.30. The van der Waals surface area contributed by atoms with Crippen LogP contribution >= 0.6 is 11.6 Å². The summed E-state index contributed by atoms with van der Waals surface area (Å²) in [5.41, 5.74) is 1.24. The summed E-state index contributed by atoms with van der Waals surface area (Å²) < 4.78 is 32.2. The fourth-order valence-corrected chi connectivity index (χ4v) is 5.53. The zero-order valence-corrected chi connectivity index (χ0v) is 18.7. The van der Waals surface area contributed by atoms with E-state index in [4.69, 9.17) is 16.3 Å². The number of hydrogen-bond donors (Lipinski definition) is 1. The summed E-state index contributed by atoms with van der Waals surface area (Å²) in [5, 5.41) is 11.2. The second kappa shape index (κ2) is 8.68. The number of ether oxygens (including phenoxy) is 1. The summed E-state index contributed by atoms with van der Waals surface area (Å²) in [6.07, 6.45) is 0. The summed E-state index contributed by atoms with van der Waals surface area (Å²) in [5.74, 6) is -0.939. The van der Waals surface area contributed by atoms with E-state index in [1.165, 1.54) is 24.1 Å². The number of aliphatic hydroxyl groups excluding tert-OH is 1. The first-order valence-corrected chi connectivity index (χ1v) is 11.6. The molecule has 0 saturated heterocycles. The van der Waals surface area contributed by atoms with Crippen LogP contribution < -0.4 is 4.74 Å². The third-order valence-electron chi connectivity index (χ3n) is 5.27. The van der Waals surface area contributed by atoms with E-state index in [0.29, 0.717) is 16.3 Å². The molecule has 1 N–H and O–H groups in total. The minimum Gasteiger partial charge on any atom is -0.502 e. The molecule has 0 saturated carbocycles. The first kappa shape index (κ1) is 21.9. The third-order valence-corrected chi connectivity index (χ3v) is 7.41. The van der Waals surface area contributed by atoms with E-state index in [0.717, 1.165) is 5.56 Å². The molecule has 0 spiro atoms. The predicted molar refractivity (Wildman–Crippen MR) is 121 cm³/mol. The number of benzene rings is 3. The van der Waals surface area contributed by atoms with Crippen LogP contribution in [0, 0.1) is 0 Å². The van der Waals surface area contributed by atoms with E-state index < -0.39 is 27.5 Å². The van der Waals surface area contributed by atoms with Gasteiger partial charge in [-0.05, 0) is 47.5 Å². The van der Waals surface area contributed by atoms with E-state index in [1.54, 1.807) is 66.7 Å². The van der Waals surface area contributed by atoms with Gasteiger partial charge in [-0.15, -0.1) is 0 Å². The molecule has 1 atom stereocenters. The number of hydrogen-bond acceptors (Lipinski definition) is 5. The van der Waals surface area contributed by atoms with E-state index in [1.807, 2.05) is 0 Å². The minimum absolute atomic E-state index is 0.00320. The van der Waals surface area contributed by atoms with E-state index in [2.05, 4.69) is 0 Å². The molecular weight excluding hydrogens is 450 g/mol. The maximum atomic E-state index is 13.5. The molecule has 0 radical (unpaired) electrons. The summed E-state index contributed by atoms with van der Waals surface area (Å²) in [4.78, 5) is 14.1. The van der Waals surface area contributed by atoms with Crippen molar-refractivity contribution in [1.29, 1.82) is 0 Å². The molecule has 0 fully saturated rings. The highest BCUT2D eigenvalue weighted by Crippen LogP contribution is 2.43. The van der Waals surface area contributed by atoms with Crippen molar-refractivity contribution in [2.75, 3.05) is 7.11 Å². The lowest BCUT2D eigenvalue weighted by molar-refractivity contribution is -0.130. The smallest absolute Gasteiger partial charge is 0.290 e. The van der Waals surface area contributed by atoms with Gasteiger partial charge in [0, 0.05) is 11.6 Å². The van der Waals surface area contributed by atoms with Crippen LogP contribution in [0.15, 0.2) is 94.4 Å². The summed E-state index contributed by atoms with van der Waals surface area (Å²) in [7, 11) is -2.62. The first-order valence-electron chi connectivity index (χ1n) is 9.75. The summed E-state index contributed by atoms with van der Waals surface area (Å²) in [6, 6.07) is 20.4. The third kappa shape index (κ3) is 3.97. The summed E-state index contributed by atoms with van der Waals surface area (Å²) in [6.45, 7) is 0.0706. The average molecular weight is 470 g/mol. The van der Waals surface area contributed by atoms with Crippen molar-refractivity contribution in [2.24, 2.45) is 0 Å². The molecule has 3 aromatic rings. The van der Waals surface area contributed by atoms with Crippen LogP contribution in [0.25, 0.3) is 0 Å². The number of methoxy groups -OCH3 is 1. The van der Waals surface area contributed by atoms with Crippen LogP contribution in [-0.4, -0.2) is 31.4 Å². The molecular formula is C24H20ClNO5S. The maximum absolute atomic E-state index is 13.5. The largest absolute Gasteiger partial charge is 0.502 e. The number of rotatable bonds is 6. The molecule has 0 unspecified atom stereocenters. The number of amides is 1. The Balaban J connectivity index is 1.84. The fraction of sp³-hybridized carbons (Fsp3) is 0.125. The Bertz CT molecular complexity index is 1290. The van der Waals surface area contributed by atoms with Gasteiger partial charge in [0.2, 0.25) is 9.84 Å². The van der Waals surface area contributed by atoms with Gasteiger partial charge in [0.05, 0.1) is 18.0 Å². The number of carbonyl (C=O) groups is 1. The van der Waals surface area contributed by atoms with E-state index in [9.17, 15) is 18.3 Å². The highest BCUT2D eigenvalue weighted by atomic mass is 35.5. The van der Waals surface area contributed by atoms with Gasteiger partial charge in [-0.1, -0.05) is 54.1 Å². The molecule has 1 aliphatic rings. The molecule has 0 aliphatic carbocycles. The number of aliphatic hydroxyl groups is 1. The number of carbonyl (C=O) groups excluding carboxylic acids is 1. The van der Waals surface area contributed by atoms with Gasteiger partial charge < -0.3 is 14.7 Å². The Kier molecular flexibility index (Phi) is 5.95. The Morgan fingerprint density at radius 3 is 2.34 bits per heavy atom. The van der Waals surface area contributed by atoms with E-state index >= 15 is 0 Å². The molecule has 1 heterocycles.